The number of thiocarbonyl (C=S) groups is 1. The number of benzene rings is 2. The van der Waals surface area contributed by atoms with E-state index in [9.17, 15) is 14.4 Å². The Balaban J connectivity index is 1.04. The third-order valence-electron chi connectivity index (χ3n) is 8.93. The average Bonchev–Trinajstić information content (AvgIpc) is 3.19. The van der Waals surface area contributed by atoms with E-state index in [4.69, 9.17) is 17.0 Å². The number of para-hydroxylation sites is 1. The number of thioether (sulfide) groups is 1. The fourth-order valence-electron chi connectivity index (χ4n) is 7.43. The van der Waals surface area contributed by atoms with Crippen molar-refractivity contribution < 1.29 is 19.1 Å². The molecular formula is C32H35N3O4S2. The van der Waals surface area contributed by atoms with Crippen LogP contribution in [-0.4, -0.2) is 33.7 Å². The molecule has 5 fully saturated rings. The second kappa shape index (κ2) is 11.2. The number of hydrogen-bond acceptors (Lipinski definition) is 6. The molecule has 2 aromatic carbocycles. The first-order chi connectivity index (χ1) is 19.7. The van der Waals surface area contributed by atoms with Crippen molar-refractivity contribution in [3.05, 3.63) is 64.6 Å². The van der Waals surface area contributed by atoms with Crippen LogP contribution in [0.2, 0.25) is 0 Å². The Kier molecular flexibility index (Phi) is 7.68. The molecule has 7 rings (SSSR count). The molecule has 3 amide bonds. The first-order valence-electron chi connectivity index (χ1n) is 14.4. The summed E-state index contributed by atoms with van der Waals surface area (Å²) in [6.45, 7) is 4.05. The van der Waals surface area contributed by atoms with Gasteiger partial charge in [-0.1, -0.05) is 55.9 Å². The number of hydrogen-bond donors (Lipinski definition) is 2. The number of carbonyl (C=O) groups excluding carboxylic acids is 3. The summed E-state index contributed by atoms with van der Waals surface area (Å²) >= 11 is 6.66. The largest absolute Gasteiger partial charge is 0.484 e. The molecule has 1 heterocycles. The predicted molar refractivity (Wildman–Crippen MR) is 165 cm³/mol. The molecule has 0 unspecified atom stereocenters. The quantitative estimate of drug-likeness (QED) is 0.279. The maximum atomic E-state index is 13.5. The van der Waals surface area contributed by atoms with Gasteiger partial charge in [0.25, 0.3) is 11.8 Å². The highest BCUT2D eigenvalue weighted by Crippen LogP contribution is 2.60. The van der Waals surface area contributed by atoms with E-state index >= 15 is 0 Å². The number of rotatable bonds is 8. The van der Waals surface area contributed by atoms with Gasteiger partial charge in [-0.15, -0.1) is 0 Å². The number of carbonyl (C=O) groups is 3. The van der Waals surface area contributed by atoms with Crippen LogP contribution in [0, 0.1) is 23.2 Å². The van der Waals surface area contributed by atoms with Gasteiger partial charge in [0.1, 0.15) is 5.75 Å². The van der Waals surface area contributed by atoms with Crippen LogP contribution in [-0.2, 0) is 14.4 Å². The number of hydrazine groups is 1. The van der Waals surface area contributed by atoms with E-state index in [1.807, 2.05) is 36.4 Å². The molecule has 5 aliphatic rings. The van der Waals surface area contributed by atoms with Gasteiger partial charge < -0.3 is 10.1 Å². The summed E-state index contributed by atoms with van der Waals surface area (Å²) in [4.78, 5) is 39.6. The normalized spacial score (nSPS) is 27.5. The van der Waals surface area contributed by atoms with Crippen molar-refractivity contribution in [1.29, 1.82) is 0 Å². The average molecular weight is 590 g/mol. The van der Waals surface area contributed by atoms with Crippen LogP contribution in [0.4, 0.5) is 5.69 Å². The van der Waals surface area contributed by atoms with E-state index in [1.54, 1.807) is 18.2 Å². The zero-order valence-corrected chi connectivity index (χ0v) is 25.0. The van der Waals surface area contributed by atoms with E-state index in [0.29, 0.717) is 38.6 Å². The van der Waals surface area contributed by atoms with Crippen LogP contribution in [0.3, 0.4) is 0 Å². The molecule has 9 heteroatoms. The Hall–Kier alpha value is -3.17. The number of nitrogens with one attached hydrogen (secondary N) is 2. The Bertz CT molecular complexity index is 1380. The molecule has 0 atom stereocenters. The molecular weight excluding hydrogens is 555 g/mol. The first kappa shape index (κ1) is 28.0. The Morgan fingerprint density at radius 3 is 2.32 bits per heavy atom. The molecule has 0 aromatic heterocycles. The van der Waals surface area contributed by atoms with Crippen LogP contribution >= 0.6 is 24.0 Å². The summed E-state index contributed by atoms with van der Waals surface area (Å²) in [5, 5.41) is 4.17. The first-order valence-corrected chi connectivity index (χ1v) is 15.6. The lowest BCUT2D eigenvalue weighted by Gasteiger charge is -2.55. The van der Waals surface area contributed by atoms with Gasteiger partial charge in [0.05, 0.1) is 10.3 Å². The summed E-state index contributed by atoms with van der Waals surface area (Å²) in [5.41, 5.74) is 5.20. The highest BCUT2D eigenvalue weighted by atomic mass is 32.2. The number of nitrogens with zero attached hydrogens (tertiary/aromatic N) is 1. The number of amides is 3. The Morgan fingerprint density at radius 2 is 1.68 bits per heavy atom. The molecule has 0 spiro atoms. The minimum absolute atomic E-state index is 0.0487. The van der Waals surface area contributed by atoms with Gasteiger partial charge in [-0.25, -0.2) is 0 Å². The summed E-state index contributed by atoms with van der Waals surface area (Å²) in [6.07, 6.45) is 8.29. The maximum Gasteiger partial charge on any atom is 0.285 e. The highest BCUT2D eigenvalue weighted by Gasteiger charge is 2.55. The molecule has 4 aliphatic carbocycles. The van der Waals surface area contributed by atoms with Crippen molar-refractivity contribution in [2.24, 2.45) is 23.2 Å². The maximum absolute atomic E-state index is 13.5. The Morgan fingerprint density at radius 1 is 1.05 bits per heavy atom. The summed E-state index contributed by atoms with van der Waals surface area (Å²) in [7, 11) is 0. The van der Waals surface area contributed by atoms with Gasteiger partial charge in [-0.2, -0.15) is 5.01 Å². The second-order valence-electron chi connectivity index (χ2n) is 12.3. The molecule has 214 valence electrons. The zero-order chi connectivity index (χ0) is 28.7. The van der Waals surface area contributed by atoms with Crippen molar-refractivity contribution in [3.8, 4) is 5.75 Å². The summed E-state index contributed by atoms with van der Waals surface area (Å²) in [6, 6.07) is 14.9. The molecule has 1 saturated heterocycles. The van der Waals surface area contributed by atoms with Crippen LogP contribution in [0.1, 0.15) is 69.4 Å². The second-order valence-corrected chi connectivity index (χ2v) is 14.0. The summed E-state index contributed by atoms with van der Waals surface area (Å²) < 4.78 is 6.02. The van der Waals surface area contributed by atoms with E-state index in [1.165, 1.54) is 36.0 Å². The summed E-state index contributed by atoms with van der Waals surface area (Å²) in [5.74, 6) is 2.16. The minimum Gasteiger partial charge on any atom is -0.484 e. The number of anilines is 1. The molecule has 41 heavy (non-hydrogen) atoms. The molecule has 4 bridgehead atoms. The van der Waals surface area contributed by atoms with E-state index in [-0.39, 0.29) is 29.7 Å². The smallest absolute Gasteiger partial charge is 0.285 e. The lowest BCUT2D eigenvalue weighted by Crippen LogP contribution is -2.57. The SMILES string of the molecule is CC(C)c1ccccc1NC(=O)COc1ccc(/C=C2/SC(=S)N(NC(=O)C34CC5CC(CC(C5)C3)C4)C2=O)cc1. The lowest BCUT2D eigenvalue weighted by molar-refractivity contribution is -0.152. The van der Waals surface area contributed by atoms with Gasteiger partial charge in [0.2, 0.25) is 5.91 Å². The van der Waals surface area contributed by atoms with Gasteiger partial charge in [0, 0.05) is 5.69 Å². The molecule has 2 aromatic rings. The van der Waals surface area contributed by atoms with Crippen LogP contribution in [0.5, 0.6) is 5.75 Å². The minimum atomic E-state index is -0.355. The van der Waals surface area contributed by atoms with Crippen molar-refractivity contribution in [2.75, 3.05) is 11.9 Å². The standard InChI is InChI=1S/C32H35N3O4S2/c1-19(2)25-5-3-4-6-26(25)33-28(36)18-39-24-9-7-20(8-10-24)14-27-29(37)35(31(40)41-27)34-30(38)32-15-21-11-22(16-32)13-23(12-21)17-32/h3-10,14,19,21-23H,11-13,15-18H2,1-2H3,(H,33,36)(H,34,38)/b27-14+. The van der Waals surface area contributed by atoms with Gasteiger partial charge in [-0.3, -0.25) is 19.8 Å². The van der Waals surface area contributed by atoms with Gasteiger partial charge in [0.15, 0.2) is 10.9 Å². The van der Waals surface area contributed by atoms with Crippen molar-refractivity contribution >= 4 is 57.8 Å². The van der Waals surface area contributed by atoms with Gasteiger partial charge >= 0.3 is 0 Å². The highest BCUT2D eigenvalue weighted by molar-refractivity contribution is 8.26. The van der Waals surface area contributed by atoms with Crippen LogP contribution in [0.15, 0.2) is 53.4 Å². The predicted octanol–water partition coefficient (Wildman–Crippen LogP) is 6.28. The molecule has 1 aliphatic heterocycles. The van der Waals surface area contributed by atoms with Crippen molar-refractivity contribution in [1.82, 2.24) is 10.4 Å². The monoisotopic (exact) mass is 589 g/mol. The lowest BCUT2D eigenvalue weighted by atomic mass is 9.49. The van der Waals surface area contributed by atoms with Crippen molar-refractivity contribution in [3.63, 3.8) is 0 Å². The fourth-order valence-corrected chi connectivity index (χ4v) is 8.61. The zero-order valence-electron chi connectivity index (χ0n) is 23.4. The molecule has 4 saturated carbocycles. The van der Waals surface area contributed by atoms with E-state index in [0.717, 1.165) is 36.1 Å². The topological polar surface area (TPSA) is 87.7 Å². The molecule has 2 N–H and O–H groups in total. The van der Waals surface area contributed by atoms with Crippen LogP contribution in [0.25, 0.3) is 6.08 Å². The molecule has 7 nitrogen and oxygen atoms in total. The number of ether oxygens (including phenoxy) is 1. The van der Waals surface area contributed by atoms with E-state index in [2.05, 4.69) is 24.6 Å². The van der Waals surface area contributed by atoms with Crippen molar-refractivity contribution in [2.45, 2.75) is 58.3 Å². The third kappa shape index (κ3) is 5.79. The molecule has 0 radical (unpaired) electrons. The Labute approximate surface area is 250 Å². The fraction of sp³-hybridized carbons (Fsp3) is 0.438. The van der Waals surface area contributed by atoms with Crippen LogP contribution < -0.4 is 15.5 Å². The van der Waals surface area contributed by atoms with E-state index < -0.39 is 0 Å². The van der Waals surface area contributed by atoms with Gasteiger partial charge in [-0.05, 0) is 110 Å². The third-order valence-corrected chi connectivity index (χ3v) is 10.2.